The van der Waals surface area contributed by atoms with Crippen molar-refractivity contribution in [2.45, 2.75) is 51.1 Å². The average molecular weight is 652 g/mol. The molecule has 256 valence electrons. The minimum Gasteiger partial charge on any atom is -0.488 e. The lowest BCUT2D eigenvalue weighted by Crippen LogP contribution is -2.59. The van der Waals surface area contributed by atoms with Crippen LogP contribution in [-0.2, 0) is 26.1 Å². The van der Waals surface area contributed by atoms with Crippen molar-refractivity contribution >= 4 is 28.6 Å². The first kappa shape index (κ1) is 35.5. The molecule has 1 unspecified atom stereocenters. The number of aliphatic hydroxyl groups excluding tert-OH is 1. The van der Waals surface area contributed by atoms with Gasteiger partial charge in [0, 0.05) is 44.7 Å². The van der Waals surface area contributed by atoms with Crippen molar-refractivity contribution in [3.63, 3.8) is 0 Å². The van der Waals surface area contributed by atoms with Crippen molar-refractivity contribution < 1.29 is 42.5 Å². The van der Waals surface area contributed by atoms with E-state index in [1.165, 1.54) is 4.57 Å². The van der Waals surface area contributed by atoms with Crippen LogP contribution in [0.5, 0.6) is 5.75 Å². The first-order valence-electron chi connectivity index (χ1n) is 16.1. The molecule has 1 saturated heterocycles. The average Bonchev–Trinajstić information content (AvgIpc) is 3.33. The molecule has 1 aliphatic heterocycles. The fraction of sp³-hybridized carbons (Fsp3) is 0.656. The molecule has 1 saturated carbocycles. The van der Waals surface area contributed by atoms with Crippen LogP contribution in [-0.4, -0.2) is 122 Å². The summed E-state index contributed by atoms with van der Waals surface area (Å²) in [5.41, 5.74) is 0.436. The highest BCUT2D eigenvalue weighted by Crippen LogP contribution is 2.35. The molecule has 2 fully saturated rings. The number of aromatic nitrogens is 1. The molecule has 0 spiro atoms. The van der Waals surface area contributed by atoms with Crippen LogP contribution >= 0.6 is 0 Å². The van der Waals surface area contributed by atoms with Gasteiger partial charge in [-0.1, -0.05) is 19.3 Å². The van der Waals surface area contributed by atoms with Gasteiger partial charge in [0.25, 0.3) is 5.91 Å². The number of carbonyl (C=O) groups is 3. The van der Waals surface area contributed by atoms with E-state index in [0.29, 0.717) is 12.1 Å². The molecular weight excluding hydrogens is 604 g/mol. The van der Waals surface area contributed by atoms with Gasteiger partial charge in [-0.3, -0.25) is 14.4 Å². The number of amides is 3. The van der Waals surface area contributed by atoms with E-state index in [1.807, 2.05) is 0 Å². The number of halogens is 2. The van der Waals surface area contributed by atoms with Crippen molar-refractivity contribution in [3.05, 3.63) is 29.5 Å². The number of aliphatic hydroxyl groups is 1. The monoisotopic (exact) mass is 651 g/mol. The molecule has 3 amide bonds. The third-order valence-corrected chi connectivity index (χ3v) is 8.87. The fourth-order valence-corrected chi connectivity index (χ4v) is 6.11. The molecule has 2 aromatic rings. The lowest BCUT2D eigenvalue weighted by molar-refractivity contribution is -0.140. The Labute approximate surface area is 268 Å². The van der Waals surface area contributed by atoms with Crippen molar-refractivity contribution in [1.29, 1.82) is 0 Å². The lowest BCUT2D eigenvalue weighted by atomic mass is 9.83. The van der Waals surface area contributed by atoms with E-state index in [9.17, 15) is 23.2 Å². The number of rotatable bonds is 15. The summed E-state index contributed by atoms with van der Waals surface area (Å²) in [7, 11) is 3.29. The maximum absolute atomic E-state index is 14.3. The van der Waals surface area contributed by atoms with Crippen molar-refractivity contribution in [2.75, 3.05) is 72.9 Å². The van der Waals surface area contributed by atoms with Crippen LogP contribution < -0.4 is 15.4 Å². The zero-order valence-corrected chi connectivity index (χ0v) is 27.0. The number of likely N-dealkylation sites (N-methyl/N-ethyl adjacent to an activating group) is 1. The van der Waals surface area contributed by atoms with E-state index in [4.69, 9.17) is 19.3 Å². The molecule has 1 aromatic heterocycles. The van der Waals surface area contributed by atoms with E-state index >= 15 is 0 Å². The Morgan fingerprint density at radius 2 is 1.54 bits per heavy atom. The first-order valence-corrected chi connectivity index (χ1v) is 16.1. The molecule has 2 heterocycles. The zero-order valence-electron chi connectivity index (χ0n) is 27.0. The highest BCUT2D eigenvalue weighted by atomic mass is 19.2. The van der Waals surface area contributed by atoms with Crippen LogP contribution in [0.3, 0.4) is 0 Å². The molecule has 3 N–H and O–H groups in total. The molecule has 4 rings (SSSR count). The Bertz CT molecular complexity index is 1340. The SMILES string of the molecule is CNC(C)C(=O)N[C@H](C(=O)N1CCN(C(=O)c2c(OCCOCCOCCO)c3cc(F)c(F)cc3n2C)CC1)C1CCCCC1. The summed E-state index contributed by atoms with van der Waals surface area (Å²) in [5, 5.41) is 15.0. The number of hydrogen-bond acceptors (Lipinski definition) is 8. The van der Waals surface area contributed by atoms with Gasteiger partial charge in [0.1, 0.15) is 12.6 Å². The Hall–Kier alpha value is -3.33. The van der Waals surface area contributed by atoms with Crippen LogP contribution in [0.15, 0.2) is 12.1 Å². The van der Waals surface area contributed by atoms with Gasteiger partial charge < -0.3 is 44.3 Å². The van der Waals surface area contributed by atoms with E-state index < -0.39 is 23.7 Å². The van der Waals surface area contributed by atoms with Gasteiger partial charge in [-0.25, -0.2) is 8.78 Å². The number of benzene rings is 1. The number of fused-ring (bicyclic) bond motifs is 1. The topological polar surface area (TPSA) is 135 Å². The normalized spacial score (nSPS) is 17.3. The number of ether oxygens (including phenoxy) is 3. The zero-order chi connectivity index (χ0) is 33.2. The van der Waals surface area contributed by atoms with Crippen LogP contribution in [0.2, 0.25) is 0 Å². The second-order valence-corrected chi connectivity index (χ2v) is 11.8. The number of nitrogens with zero attached hydrogens (tertiary/aromatic N) is 3. The van der Waals surface area contributed by atoms with Crippen molar-refractivity contribution in [3.8, 4) is 5.75 Å². The smallest absolute Gasteiger partial charge is 0.274 e. The second kappa shape index (κ2) is 17.0. The molecule has 46 heavy (non-hydrogen) atoms. The van der Waals surface area contributed by atoms with Crippen LogP contribution in [0.4, 0.5) is 8.78 Å². The maximum Gasteiger partial charge on any atom is 0.274 e. The number of carbonyl (C=O) groups excluding carboxylic acids is 3. The third kappa shape index (κ3) is 8.52. The number of aryl methyl sites for hydroxylation is 1. The second-order valence-electron chi connectivity index (χ2n) is 11.8. The Kier molecular flexibility index (Phi) is 13.1. The Morgan fingerprint density at radius 3 is 2.20 bits per heavy atom. The van der Waals surface area contributed by atoms with Gasteiger partial charge in [-0.15, -0.1) is 0 Å². The van der Waals surface area contributed by atoms with Crippen molar-refractivity contribution in [2.24, 2.45) is 13.0 Å². The Balaban J connectivity index is 1.46. The van der Waals surface area contributed by atoms with Gasteiger partial charge in [0.15, 0.2) is 23.1 Å². The minimum absolute atomic E-state index is 0.0428. The molecule has 0 bridgehead atoms. The summed E-state index contributed by atoms with van der Waals surface area (Å²) in [5.74, 6) is -2.68. The summed E-state index contributed by atoms with van der Waals surface area (Å²) < 4.78 is 46.6. The third-order valence-electron chi connectivity index (χ3n) is 8.87. The summed E-state index contributed by atoms with van der Waals surface area (Å²) >= 11 is 0. The molecule has 14 heteroatoms. The molecule has 0 radical (unpaired) electrons. The van der Waals surface area contributed by atoms with Gasteiger partial charge in [0.2, 0.25) is 11.8 Å². The number of nitrogens with one attached hydrogen (secondary N) is 2. The van der Waals surface area contributed by atoms with Crippen LogP contribution in [0.25, 0.3) is 10.9 Å². The summed E-state index contributed by atoms with van der Waals surface area (Å²) in [4.78, 5) is 43.8. The first-order chi connectivity index (χ1) is 22.2. The molecular formula is C32H47F2N5O7. The van der Waals surface area contributed by atoms with E-state index in [-0.39, 0.29) is 99.7 Å². The van der Waals surface area contributed by atoms with E-state index in [1.54, 1.807) is 30.8 Å². The van der Waals surface area contributed by atoms with E-state index in [2.05, 4.69) is 10.6 Å². The molecule has 1 aromatic carbocycles. The number of piperazine rings is 1. The predicted molar refractivity (Wildman–Crippen MR) is 167 cm³/mol. The minimum atomic E-state index is -1.06. The summed E-state index contributed by atoms with van der Waals surface area (Å²) in [6.45, 7) is 3.67. The highest BCUT2D eigenvalue weighted by Gasteiger charge is 2.37. The molecule has 2 aliphatic rings. The standard InChI is InChI=1S/C32H47F2N5O7/c1-21(35-2)30(41)36-27(22-7-5-4-6-8-22)31(42)38-9-11-39(12-10-38)32(43)28-29(46-18-17-45-16-15-44-14-13-40)23-19-24(33)25(34)20-26(23)37(28)3/h19-22,27,35,40H,4-18H2,1-3H3,(H,36,41)/t21?,27-/m0/s1. The highest BCUT2D eigenvalue weighted by molar-refractivity contribution is 6.04. The summed E-state index contributed by atoms with van der Waals surface area (Å²) in [6.07, 6.45) is 4.89. The largest absolute Gasteiger partial charge is 0.488 e. The van der Waals surface area contributed by atoms with Gasteiger partial charge in [0.05, 0.1) is 44.6 Å². The lowest BCUT2D eigenvalue weighted by Gasteiger charge is -2.39. The van der Waals surface area contributed by atoms with Gasteiger partial charge in [-0.2, -0.15) is 0 Å². The molecule has 1 aliphatic carbocycles. The maximum atomic E-state index is 14.3. The molecule has 12 nitrogen and oxygen atoms in total. The number of hydrogen-bond donors (Lipinski definition) is 3. The van der Waals surface area contributed by atoms with Crippen LogP contribution in [0.1, 0.15) is 49.5 Å². The quantitative estimate of drug-likeness (QED) is 0.249. The molecule has 2 atom stereocenters. The Morgan fingerprint density at radius 1 is 0.935 bits per heavy atom. The van der Waals surface area contributed by atoms with E-state index in [0.717, 1.165) is 44.2 Å². The van der Waals surface area contributed by atoms with Crippen LogP contribution in [0, 0.1) is 17.6 Å². The van der Waals surface area contributed by atoms with Gasteiger partial charge in [-0.05, 0) is 38.8 Å². The van der Waals surface area contributed by atoms with Gasteiger partial charge >= 0.3 is 0 Å². The fourth-order valence-electron chi connectivity index (χ4n) is 6.11. The predicted octanol–water partition coefficient (Wildman–Crippen LogP) is 1.82. The summed E-state index contributed by atoms with van der Waals surface area (Å²) in [6, 6.07) is 0.988. The van der Waals surface area contributed by atoms with Crippen molar-refractivity contribution in [1.82, 2.24) is 25.0 Å².